The summed E-state index contributed by atoms with van der Waals surface area (Å²) in [5.74, 6) is 1.64. The van der Waals surface area contributed by atoms with Gasteiger partial charge >= 0.3 is 6.03 Å². The number of ether oxygens (including phenoxy) is 1. The van der Waals surface area contributed by atoms with Gasteiger partial charge < -0.3 is 19.5 Å². The maximum atomic E-state index is 14.1. The Morgan fingerprint density at radius 3 is 2.54 bits per heavy atom. The SMILES string of the molecule is CCc1ccc(C2c3cccn3-c3c(c(C)nn3-c3ccccc3)CN2C(=O)Nc2cccc(OC)c2)cc1. The van der Waals surface area contributed by atoms with E-state index >= 15 is 0 Å². The van der Waals surface area contributed by atoms with Crippen LogP contribution in [0.2, 0.25) is 0 Å². The minimum atomic E-state index is -0.312. The summed E-state index contributed by atoms with van der Waals surface area (Å²) < 4.78 is 9.54. The molecule has 0 fully saturated rings. The number of para-hydroxylation sites is 1. The van der Waals surface area contributed by atoms with E-state index in [1.54, 1.807) is 7.11 Å². The van der Waals surface area contributed by atoms with Crippen LogP contribution < -0.4 is 10.1 Å². The van der Waals surface area contributed by atoms with Crippen molar-refractivity contribution in [3.05, 3.63) is 125 Å². The first kappa shape index (κ1) is 24.6. The number of nitrogens with zero attached hydrogens (tertiary/aromatic N) is 4. The summed E-state index contributed by atoms with van der Waals surface area (Å²) in [4.78, 5) is 16.0. The highest BCUT2D eigenvalue weighted by molar-refractivity contribution is 5.90. The van der Waals surface area contributed by atoms with Crippen LogP contribution in [0.5, 0.6) is 5.75 Å². The molecule has 7 nitrogen and oxygen atoms in total. The van der Waals surface area contributed by atoms with E-state index in [1.165, 1.54) is 5.56 Å². The Bertz CT molecular complexity index is 1620. The second kappa shape index (κ2) is 10.2. The molecule has 0 radical (unpaired) electrons. The van der Waals surface area contributed by atoms with Gasteiger partial charge in [-0.1, -0.05) is 55.5 Å². The van der Waals surface area contributed by atoms with Crippen LogP contribution in [0.25, 0.3) is 11.5 Å². The second-order valence-corrected chi connectivity index (χ2v) is 9.73. The molecular formula is C32H31N5O2. The molecule has 0 spiro atoms. The standard InChI is InChI=1S/C32H31N5O2/c1-4-23-15-17-24(18-16-23)30-29-14-9-19-35(29)31-28(22(2)34-37(31)26-11-6-5-7-12-26)21-36(30)32(38)33-25-10-8-13-27(20-25)39-3/h5-20,30H,4,21H2,1-3H3,(H,33,38). The van der Waals surface area contributed by atoms with Crippen molar-refractivity contribution in [2.75, 3.05) is 12.4 Å². The van der Waals surface area contributed by atoms with Crippen LogP contribution in [0.4, 0.5) is 10.5 Å². The van der Waals surface area contributed by atoms with Gasteiger partial charge in [0, 0.05) is 23.5 Å². The third-order valence-corrected chi connectivity index (χ3v) is 7.37. The molecule has 2 amide bonds. The zero-order valence-corrected chi connectivity index (χ0v) is 22.3. The number of carbonyl (C=O) groups excluding carboxylic acids is 1. The van der Waals surface area contributed by atoms with Gasteiger partial charge in [0.05, 0.1) is 36.8 Å². The van der Waals surface area contributed by atoms with Gasteiger partial charge in [0.15, 0.2) is 0 Å². The monoisotopic (exact) mass is 517 g/mol. The van der Waals surface area contributed by atoms with Crippen LogP contribution in [0.1, 0.15) is 41.0 Å². The largest absolute Gasteiger partial charge is 0.497 e. The Labute approximate surface area is 228 Å². The van der Waals surface area contributed by atoms with Gasteiger partial charge in [-0.25, -0.2) is 9.48 Å². The fraction of sp³-hybridized carbons (Fsp3) is 0.188. The molecule has 2 aromatic heterocycles. The Morgan fingerprint density at radius 2 is 1.79 bits per heavy atom. The number of hydrogen-bond acceptors (Lipinski definition) is 3. The summed E-state index contributed by atoms with van der Waals surface area (Å²) in [7, 11) is 1.62. The molecule has 196 valence electrons. The molecule has 0 saturated carbocycles. The van der Waals surface area contributed by atoms with E-state index in [9.17, 15) is 4.79 Å². The minimum absolute atomic E-state index is 0.194. The third-order valence-electron chi connectivity index (χ3n) is 7.37. The molecule has 1 unspecified atom stereocenters. The van der Waals surface area contributed by atoms with Crippen LogP contribution in [0, 0.1) is 6.92 Å². The summed E-state index contributed by atoms with van der Waals surface area (Å²) in [5.41, 5.74) is 6.84. The maximum absolute atomic E-state index is 14.1. The highest BCUT2D eigenvalue weighted by Crippen LogP contribution is 2.39. The van der Waals surface area contributed by atoms with Gasteiger partial charge in [0.25, 0.3) is 0 Å². The molecule has 7 heteroatoms. The molecule has 3 aromatic carbocycles. The molecule has 5 aromatic rings. The van der Waals surface area contributed by atoms with E-state index in [1.807, 2.05) is 65.0 Å². The smallest absolute Gasteiger partial charge is 0.322 e. The van der Waals surface area contributed by atoms with Crippen LogP contribution in [-0.4, -0.2) is 32.4 Å². The first-order chi connectivity index (χ1) is 19.1. The zero-order valence-electron chi connectivity index (χ0n) is 22.3. The minimum Gasteiger partial charge on any atom is -0.497 e. The number of anilines is 1. The summed E-state index contributed by atoms with van der Waals surface area (Å²) in [6, 6.07) is 29.8. The van der Waals surface area contributed by atoms with Crippen molar-refractivity contribution in [2.24, 2.45) is 0 Å². The van der Waals surface area contributed by atoms with Crippen molar-refractivity contribution in [1.29, 1.82) is 0 Å². The number of methoxy groups -OCH3 is 1. The highest BCUT2D eigenvalue weighted by atomic mass is 16.5. The Balaban J connectivity index is 1.51. The number of fused-ring (bicyclic) bond motifs is 3. The average Bonchev–Trinajstić information content (AvgIpc) is 3.54. The van der Waals surface area contributed by atoms with Crippen LogP contribution in [0.3, 0.4) is 0 Å². The Morgan fingerprint density at radius 1 is 1.00 bits per heavy atom. The first-order valence-corrected chi connectivity index (χ1v) is 13.2. The van der Waals surface area contributed by atoms with E-state index in [-0.39, 0.29) is 12.1 Å². The fourth-order valence-electron chi connectivity index (χ4n) is 5.33. The first-order valence-electron chi connectivity index (χ1n) is 13.2. The number of urea groups is 1. The number of nitrogens with one attached hydrogen (secondary N) is 1. The topological polar surface area (TPSA) is 64.3 Å². The lowest BCUT2D eigenvalue weighted by Gasteiger charge is -2.31. The normalized spacial score (nSPS) is 14.3. The van der Waals surface area contributed by atoms with E-state index in [0.29, 0.717) is 18.0 Å². The summed E-state index contributed by atoms with van der Waals surface area (Å²) >= 11 is 0. The molecule has 3 heterocycles. The molecular weight excluding hydrogens is 486 g/mol. The van der Waals surface area contributed by atoms with Gasteiger partial charge in [0.1, 0.15) is 11.6 Å². The summed E-state index contributed by atoms with van der Waals surface area (Å²) in [5, 5.41) is 8.04. The van der Waals surface area contributed by atoms with Crippen molar-refractivity contribution in [2.45, 2.75) is 32.9 Å². The molecule has 0 aliphatic carbocycles. The van der Waals surface area contributed by atoms with Gasteiger partial charge in [-0.05, 0) is 60.9 Å². The number of hydrogen-bond donors (Lipinski definition) is 1. The van der Waals surface area contributed by atoms with Gasteiger partial charge in [-0.3, -0.25) is 0 Å². The van der Waals surface area contributed by atoms with Crippen LogP contribution in [-0.2, 0) is 13.0 Å². The quantitative estimate of drug-likeness (QED) is 0.283. The van der Waals surface area contributed by atoms with Crippen molar-refractivity contribution < 1.29 is 9.53 Å². The number of carbonyl (C=O) groups is 1. The van der Waals surface area contributed by atoms with Crippen molar-refractivity contribution in [1.82, 2.24) is 19.2 Å². The molecule has 6 rings (SSSR count). The molecule has 1 N–H and O–H groups in total. The van der Waals surface area contributed by atoms with Crippen molar-refractivity contribution >= 4 is 11.7 Å². The van der Waals surface area contributed by atoms with Crippen molar-refractivity contribution in [3.63, 3.8) is 0 Å². The van der Waals surface area contributed by atoms with E-state index in [2.05, 4.69) is 65.5 Å². The summed E-state index contributed by atoms with van der Waals surface area (Å²) in [6.45, 7) is 4.55. The maximum Gasteiger partial charge on any atom is 0.322 e. The molecule has 1 aliphatic heterocycles. The lowest BCUT2D eigenvalue weighted by molar-refractivity contribution is 0.194. The number of rotatable bonds is 5. The Hall–Kier alpha value is -4.78. The zero-order chi connectivity index (χ0) is 26.9. The van der Waals surface area contributed by atoms with E-state index in [0.717, 1.165) is 40.4 Å². The fourth-order valence-corrected chi connectivity index (χ4v) is 5.33. The predicted octanol–water partition coefficient (Wildman–Crippen LogP) is 6.68. The summed E-state index contributed by atoms with van der Waals surface area (Å²) in [6.07, 6.45) is 3.02. The molecule has 1 aliphatic rings. The molecule has 0 saturated heterocycles. The van der Waals surface area contributed by atoms with E-state index in [4.69, 9.17) is 9.84 Å². The molecule has 39 heavy (non-hydrogen) atoms. The number of aryl methyl sites for hydroxylation is 2. The van der Waals surface area contributed by atoms with Gasteiger partial charge in [-0.2, -0.15) is 5.10 Å². The lowest BCUT2D eigenvalue weighted by atomic mass is 9.99. The molecule has 1 atom stereocenters. The lowest BCUT2D eigenvalue weighted by Crippen LogP contribution is -2.38. The van der Waals surface area contributed by atoms with Crippen molar-refractivity contribution in [3.8, 4) is 17.3 Å². The number of amides is 2. The predicted molar refractivity (Wildman–Crippen MR) is 153 cm³/mol. The number of aromatic nitrogens is 3. The van der Waals surface area contributed by atoms with Crippen LogP contribution in [0.15, 0.2) is 97.2 Å². The highest BCUT2D eigenvalue weighted by Gasteiger charge is 2.36. The Kier molecular flexibility index (Phi) is 6.40. The number of benzene rings is 3. The van der Waals surface area contributed by atoms with E-state index < -0.39 is 0 Å². The molecule has 0 bridgehead atoms. The third kappa shape index (κ3) is 4.46. The second-order valence-electron chi connectivity index (χ2n) is 9.73. The van der Waals surface area contributed by atoms with Gasteiger partial charge in [-0.15, -0.1) is 0 Å². The average molecular weight is 518 g/mol. The van der Waals surface area contributed by atoms with Gasteiger partial charge in [0.2, 0.25) is 0 Å². The van der Waals surface area contributed by atoms with Crippen LogP contribution >= 0.6 is 0 Å².